The lowest BCUT2D eigenvalue weighted by Gasteiger charge is -2.28. The normalized spacial score (nSPS) is 12.3. The molecule has 0 aliphatic carbocycles. The van der Waals surface area contributed by atoms with Crippen LogP contribution in [0.25, 0.3) is 21.5 Å². The molecule has 0 saturated heterocycles. The molecule has 4 aromatic carbocycles. The highest BCUT2D eigenvalue weighted by molar-refractivity contribution is 5.89. The zero-order chi connectivity index (χ0) is 35.8. The maximum absolute atomic E-state index is 12.3. The molecule has 0 aliphatic heterocycles. The van der Waals surface area contributed by atoms with Crippen LogP contribution < -0.4 is 9.47 Å². The quantitative estimate of drug-likeness (QED) is 0.0961. The summed E-state index contributed by atoms with van der Waals surface area (Å²) in [5, 5.41) is 41.7. The molecule has 11 heteroatoms. The Morgan fingerprint density at radius 2 is 1.16 bits per heavy atom. The third kappa shape index (κ3) is 14.0. The Bertz CT molecular complexity index is 1640. The van der Waals surface area contributed by atoms with Gasteiger partial charge >= 0.3 is 18.0 Å². The van der Waals surface area contributed by atoms with Crippen molar-refractivity contribution in [2.45, 2.75) is 70.7 Å². The van der Waals surface area contributed by atoms with Gasteiger partial charge in [-0.2, -0.15) is 0 Å². The topological polar surface area (TPSA) is 163 Å². The number of hydrogen-bond donors (Lipinski definition) is 4. The van der Waals surface area contributed by atoms with Gasteiger partial charge in [0, 0.05) is 23.7 Å². The van der Waals surface area contributed by atoms with Gasteiger partial charge in [-0.3, -0.25) is 9.59 Å². The van der Waals surface area contributed by atoms with Crippen LogP contribution in [0.3, 0.4) is 0 Å². The first-order valence-corrected chi connectivity index (χ1v) is 16.3. The highest BCUT2D eigenvalue weighted by Crippen LogP contribution is 2.26. The Morgan fingerprint density at radius 1 is 0.673 bits per heavy atom. The van der Waals surface area contributed by atoms with Gasteiger partial charge in [-0.1, -0.05) is 79.2 Å². The lowest BCUT2D eigenvalue weighted by atomic mass is 10.1. The molecule has 4 aromatic rings. The number of aliphatic hydroxyl groups excluding tert-OH is 2. The van der Waals surface area contributed by atoms with E-state index in [0.29, 0.717) is 25.0 Å². The average molecular weight is 678 g/mol. The third-order valence-electron chi connectivity index (χ3n) is 7.22. The van der Waals surface area contributed by atoms with Crippen molar-refractivity contribution in [1.29, 1.82) is 0 Å². The van der Waals surface area contributed by atoms with Crippen LogP contribution in [-0.4, -0.2) is 87.5 Å². The molecule has 0 fully saturated rings. The number of carboxylic acids is 2. The number of fused-ring (bicyclic) bond motifs is 2. The van der Waals surface area contributed by atoms with Crippen LogP contribution in [-0.2, 0) is 14.3 Å². The zero-order valence-corrected chi connectivity index (χ0v) is 28.3. The van der Waals surface area contributed by atoms with Crippen molar-refractivity contribution in [2.75, 3.05) is 26.3 Å². The average Bonchev–Trinajstić information content (AvgIpc) is 3.06. The van der Waals surface area contributed by atoms with Gasteiger partial charge in [-0.15, -0.1) is 0 Å². The molecule has 0 radical (unpaired) electrons. The first-order chi connectivity index (χ1) is 23.3. The van der Waals surface area contributed by atoms with E-state index in [1.54, 1.807) is 20.8 Å². The molecule has 11 nitrogen and oxygen atoms in total. The number of carbonyl (C=O) groups is 3. The van der Waals surface area contributed by atoms with E-state index < -0.39 is 35.8 Å². The van der Waals surface area contributed by atoms with Crippen molar-refractivity contribution < 1.29 is 49.0 Å². The minimum Gasteiger partial charge on any atom is -0.490 e. The number of aliphatic carboxylic acids is 2. The summed E-state index contributed by atoms with van der Waals surface area (Å²) in [4.78, 5) is 34.8. The van der Waals surface area contributed by atoms with Gasteiger partial charge in [0.2, 0.25) is 0 Å². The van der Waals surface area contributed by atoms with Crippen LogP contribution >= 0.6 is 0 Å². The number of amides is 1. The summed E-state index contributed by atoms with van der Waals surface area (Å²) < 4.78 is 16.7. The molecule has 49 heavy (non-hydrogen) atoms. The molecule has 0 aliphatic rings. The van der Waals surface area contributed by atoms with Gasteiger partial charge in [0.1, 0.15) is 36.4 Å². The molecule has 0 aromatic heterocycles. The summed E-state index contributed by atoms with van der Waals surface area (Å²) in [6.45, 7) is 5.20. The highest BCUT2D eigenvalue weighted by Gasteiger charge is 2.25. The lowest BCUT2D eigenvalue weighted by molar-refractivity contribution is -0.138. The van der Waals surface area contributed by atoms with Crippen molar-refractivity contribution in [3.05, 3.63) is 84.9 Å². The van der Waals surface area contributed by atoms with Gasteiger partial charge in [-0.05, 0) is 56.5 Å². The summed E-state index contributed by atoms with van der Waals surface area (Å²) in [6, 6.07) is 27.1. The standard InChI is InChI=1S/C21H27NO6.C17H20O4/c1-21(2,3)28-20(26)22(12-11-19(24)25)13-16(23)14-27-18-10-6-8-15-7-4-5-9-17(15)18;18-14(8-2-4-11-17(19)20)12-21-16-10-5-7-13-6-1-3-9-15(13)16/h4-10,16,23H,11-14H2,1-3H3,(H,24,25);1,3,5-7,9-10,14,18H,2,4,8,11-12H2,(H,19,20)/t16-;14-/m00/s1. The largest absolute Gasteiger partial charge is 0.490 e. The number of carbonyl (C=O) groups excluding carboxylic acids is 1. The number of nitrogens with zero attached hydrogens (tertiary/aromatic N) is 1. The van der Waals surface area contributed by atoms with Crippen molar-refractivity contribution in [3.8, 4) is 11.5 Å². The predicted molar refractivity (Wildman–Crippen MR) is 187 cm³/mol. The molecule has 0 saturated carbocycles. The van der Waals surface area contributed by atoms with E-state index >= 15 is 0 Å². The second kappa shape index (κ2) is 19.2. The first kappa shape index (κ1) is 38.6. The first-order valence-electron chi connectivity index (χ1n) is 16.3. The Balaban J connectivity index is 0.000000276. The highest BCUT2D eigenvalue weighted by atomic mass is 16.6. The Hall–Kier alpha value is -4.87. The van der Waals surface area contributed by atoms with Gasteiger partial charge in [0.25, 0.3) is 0 Å². The number of aliphatic hydroxyl groups is 2. The molecule has 0 bridgehead atoms. The molecule has 0 spiro atoms. The van der Waals surface area contributed by atoms with E-state index in [-0.39, 0.29) is 39.1 Å². The van der Waals surface area contributed by atoms with Gasteiger partial charge in [0.15, 0.2) is 0 Å². The number of ether oxygens (including phenoxy) is 3. The maximum Gasteiger partial charge on any atom is 0.410 e. The lowest BCUT2D eigenvalue weighted by Crippen LogP contribution is -2.43. The second-order valence-corrected chi connectivity index (χ2v) is 12.6. The van der Waals surface area contributed by atoms with Crippen molar-refractivity contribution in [2.24, 2.45) is 0 Å². The van der Waals surface area contributed by atoms with Crippen LogP contribution in [0.4, 0.5) is 4.79 Å². The minimum absolute atomic E-state index is 0.0413. The number of rotatable bonds is 16. The fourth-order valence-corrected chi connectivity index (χ4v) is 4.88. The summed E-state index contributed by atoms with van der Waals surface area (Å²) in [5.41, 5.74) is -0.719. The van der Waals surface area contributed by atoms with E-state index in [0.717, 1.165) is 27.3 Å². The van der Waals surface area contributed by atoms with Crippen LogP contribution in [0.1, 0.15) is 52.9 Å². The summed E-state index contributed by atoms with van der Waals surface area (Å²) >= 11 is 0. The number of unbranched alkanes of at least 4 members (excludes halogenated alkanes) is 1. The molecule has 4 rings (SSSR count). The minimum atomic E-state index is -1.03. The summed E-state index contributed by atoms with van der Waals surface area (Å²) in [6.07, 6.45) is -0.506. The fourth-order valence-electron chi connectivity index (χ4n) is 4.88. The Kier molecular flexibility index (Phi) is 15.1. The van der Waals surface area contributed by atoms with Gasteiger partial charge in [0.05, 0.1) is 19.1 Å². The van der Waals surface area contributed by atoms with Gasteiger partial charge < -0.3 is 39.5 Å². The molecular formula is C38H47NO10. The van der Waals surface area contributed by atoms with E-state index in [1.807, 2.05) is 84.9 Å². The Morgan fingerprint density at radius 3 is 1.67 bits per heavy atom. The number of hydrogen-bond acceptors (Lipinski definition) is 8. The third-order valence-corrected chi connectivity index (χ3v) is 7.22. The van der Waals surface area contributed by atoms with Crippen LogP contribution in [0.15, 0.2) is 84.9 Å². The van der Waals surface area contributed by atoms with E-state index in [1.165, 1.54) is 4.90 Å². The monoisotopic (exact) mass is 677 g/mol. The molecule has 264 valence electrons. The molecular weight excluding hydrogens is 630 g/mol. The molecule has 0 unspecified atom stereocenters. The maximum atomic E-state index is 12.3. The van der Waals surface area contributed by atoms with E-state index in [9.17, 15) is 24.6 Å². The van der Waals surface area contributed by atoms with Crippen molar-refractivity contribution >= 4 is 39.6 Å². The molecule has 0 heterocycles. The molecule has 1 amide bonds. The van der Waals surface area contributed by atoms with E-state index in [4.69, 9.17) is 24.4 Å². The fraction of sp³-hybridized carbons (Fsp3) is 0.395. The summed E-state index contributed by atoms with van der Waals surface area (Å²) in [7, 11) is 0. The van der Waals surface area contributed by atoms with Crippen molar-refractivity contribution in [3.63, 3.8) is 0 Å². The van der Waals surface area contributed by atoms with Gasteiger partial charge in [-0.25, -0.2) is 4.79 Å². The SMILES string of the molecule is CC(C)(C)OC(=O)N(CCC(=O)O)C[C@H](O)COc1cccc2ccccc12.O=C(O)CCCC[C@H](O)COc1cccc2ccccc12. The van der Waals surface area contributed by atoms with E-state index in [2.05, 4.69) is 0 Å². The Labute approximate surface area is 286 Å². The molecule has 4 N–H and O–H groups in total. The van der Waals surface area contributed by atoms with Crippen LogP contribution in [0.2, 0.25) is 0 Å². The second-order valence-electron chi connectivity index (χ2n) is 12.6. The number of carboxylic acid groups (broad SMARTS) is 2. The zero-order valence-electron chi connectivity index (χ0n) is 28.3. The number of benzene rings is 4. The predicted octanol–water partition coefficient (Wildman–Crippen LogP) is 6.52. The van der Waals surface area contributed by atoms with Crippen LogP contribution in [0.5, 0.6) is 11.5 Å². The molecule has 2 atom stereocenters. The van der Waals surface area contributed by atoms with Crippen molar-refractivity contribution in [1.82, 2.24) is 4.90 Å². The van der Waals surface area contributed by atoms with Crippen LogP contribution in [0, 0.1) is 0 Å². The smallest absolute Gasteiger partial charge is 0.410 e. The summed E-state index contributed by atoms with van der Waals surface area (Å²) in [5.74, 6) is -0.435.